The van der Waals surface area contributed by atoms with Gasteiger partial charge < -0.3 is 5.32 Å². The molecule has 0 aliphatic rings. The molecule has 0 fully saturated rings. The lowest BCUT2D eigenvalue weighted by Gasteiger charge is -2.18. The molecule has 0 aliphatic heterocycles. The van der Waals surface area contributed by atoms with Gasteiger partial charge in [0.1, 0.15) is 0 Å². The summed E-state index contributed by atoms with van der Waals surface area (Å²) < 4.78 is 1.82. The minimum atomic E-state index is -0.0953. The molecule has 0 saturated carbocycles. The fraction of sp³-hybridized carbons (Fsp3) is 0.714. The maximum atomic E-state index is 12.1. The van der Waals surface area contributed by atoms with Crippen molar-refractivity contribution in [1.29, 1.82) is 0 Å². The first-order chi connectivity index (χ1) is 8.84. The molecule has 1 atom stereocenters. The van der Waals surface area contributed by atoms with Crippen molar-refractivity contribution in [3.63, 3.8) is 0 Å². The Morgan fingerprint density at radius 1 is 1.53 bits per heavy atom. The van der Waals surface area contributed by atoms with Crippen LogP contribution in [0.25, 0.3) is 0 Å². The molecule has 0 bridgehead atoms. The predicted octanol–water partition coefficient (Wildman–Crippen LogP) is 2.90. The average Bonchev–Trinajstić information content (AvgIpc) is 2.78. The van der Waals surface area contributed by atoms with E-state index in [1.807, 2.05) is 29.6 Å². The zero-order valence-electron chi connectivity index (χ0n) is 12.6. The Balaban J connectivity index is 2.51. The van der Waals surface area contributed by atoms with Crippen LogP contribution in [0.15, 0.2) is 12.4 Å². The van der Waals surface area contributed by atoms with Crippen LogP contribution in [0.2, 0.25) is 0 Å². The molecule has 4 nitrogen and oxygen atoms in total. The van der Waals surface area contributed by atoms with E-state index in [2.05, 4.69) is 38.1 Å². The number of aromatic nitrogens is 2. The molecule has 1 heterocycles. The molecule has 0 radical (unpaired) electrons. The van der Waals surface area contributed by atoms with Crippen molar-refractivity contribution >= 4 is 17.7 Å². The third kappa shape index (κ3) is 5.27. The second-order valence-corrected chi connectivity index (χ2v) is 7.10. The molecule has 0 aliphatic carbocycles. The largest absolute Gasteiger partial charge is 0.349 e. The first-order valence-electron chi connectivity index (χ1n) is 6.78. The summed E-state index contributed by atoms with van der Waals surface area (Å²) in [4.78, 5) is 12.1. The molecule has 0 spiro atoms. The first kappa shape index (κ1) is 16.1. The van der Waals surface area contributed by atoms with Gasteiger partial charge >= 0.3 is 0 Å². The van der Waals surface area contributed by atoms with E-state index in [9.17, 15) is 4.79 Å². The normalized spacial score (nSPS) is 13.3. The van der Waals surface area contributed by atoms with Gasteiger partial charge in [-0.25, -0.2) is 0 Å². The monoisotopic (exact) mass is 283 g/mol. The molecule has 1 aromatic heterocycles. The Kier molecular flexibility index (Phi) is 5.91. The highest BCUT2D eigenvalue weighted by molar-refractivity contribution is 7.99. The van der Waals surface area contributed by atoms with E-state index in [0.717, 1.165) is 17.9 Å². The van der Waals surface area contributed by atoms with E-state index in [4.69, 9.17) is 0 Å². The summed E-state index contributed by atoms with van der Waals surface area (Å²) in [7, 11) is 0. The SMILES string of the molecule is CCSCC[C@H](C)NC(=O)c1cnn(C(C)(C)C)c1. The van der Waals surface area contributed by atoms with Gasteiger partial charge in [0.25, 0.3) is 5.91 Å². The molecular formula is C14H25N3OS. The number of carbonyl (C=O) groups is 1. The Labute approximate surface area is 120 Å². The van der Waals surface area contributed by atoms with E-state index in [-0.39, 0.29) is 17.5 Å². The van der Waals surface area contributed by atoms with Gasteiger partial charge in [-0.15, -0.1) is 0 Å². The lowest BCUT2D eigenvalue weighted by atomic mass is 10.1. The van der Waals surface area contributed by atoms with Crippen LogP contribution in [0.5, 0.6) is 0 Å². The van der Waals surface area contributed by atoms with Crippen molar-refractivity contribution in [2.45, 2.75) is 52.6 Å². The summed E-state index contributed by atoms with van der Waals surface area (Å²) in [5.74, 6) is 2.17. The molecule has 1 rings (SSSR count). The van der Waals surface area contributed by atoms with Crippen LogP contribution < -0.4 is 5.32 Å². The molecule has 1 amide bonds. The van der Waals surface area contributed by atoms with E-state index in [0.29, 0.717) is 5.56 Å². The fourth-order valence-electron chi connectivity index (χ4n) is 1.59. The van der Waals surface area contributed by atoms with Gasteiger partial charge in [-0.1, -0.05) is 6.92 Å². The Hall–Kier alpha value is -0.970. The fourth-order valence-corrected chi connectivity index (χ4v) is 2.40. The van der Waals surface area contributed by atoms with Crippen LogP contribution >= 0.6 is 11.8 Å². The van der Waals surface area contributed by atoms with E-state index in [1.165, 1.54) is 0 Å². The van der Waals surface area contributed by atoms with Crippen LogP contribution in [0.1, 0.15) is 51.4 Å². The van der Waals surface area contributed by atoms with Crippen molar-refractivity contribution in [3.05, 3.63) is 18.0 Å². The second kappa shape index (κ2) is 6.98. The number of nitrogens with one attached hydrogen (secondary N) is 1. The molecule has 19 heavy (non-hydrogen) atoms. The van der Waals surface area contributed by atoms with Crippen molar-refractivity contribution in [2.24, 2.45) is 0 Å². The summed E-state index contributed by atoms with van der Waals surface area (Å²) in [6.45, 7) is 10.4. The average molecular weight is 283 g/mol. The minimum absolute atomic E-state index is 0.0375. The van der Waals surface area contributed by atoms with Gasteiger partial charge in [-0.05, 0) is 45.6 Å². The van der Waals surface area contributed by atoms with Crippen molar-refractivity contribution in [1.82, 2.24) is 15.1 Å². The number of rotatable bonds is 6. The van der Waals surface area contributed by atoms with Gasteiger partial charge in [-0.3, -0.25) is 9.48 Å². The Morgan fingerprint density at radius 3 is 2.74 bits per heavy atom. The highest BCUT2D eigenvalue weighted by Gasteiger charge is 2.17. The number of amides is 1. The standard InChI is InChI=1S/C14H25N3OS/c1-6-19-8-7-11(2)16-13(18)12-9-15-17(10-12)14(3,4)5/h9-11H,6-8H2,1-5H3,(H,16,18)/t11-/m0/s1. The summed E-state index contributed by atoms with van der Waals surface area (Å²) in [6.07, 6.45) is 4.44. The van der Waals surface area contributed by atoms with Crippen LogP contribution in [0.4, 0.5) is 0 Å². The molecule has 1 N–H and O–H groups in total. The van der Waals surface area contributed by atoms with Crippen LogP contribution in [0.3, 0.4) is 0 Å². The van der Waals surface area contributed by atoms with Gasteiger partial charge in [-0.2, -0.15) is 16.9 Å². The van der Waals surface area contributed by atoms with E-state index in [1.54, 1.807) is 6.20 Å². The lowest BCUT2D eigenvalue weighted by Crippen LogP contribution is -2.32. The maximum Gasteiger partial charge on any atom is 0.254 e. The number of nitrogens with zero attached hydrogens (tertiary/aromatic N) is 2. The van der Waals surface area contributed by atoms with Crippen molar-refractivity contribution < 1.29 is 4.79 Å². The summed E-state index contributed by atoms with van der Waals surface area (Å²) in [6, 6.07) is 0.199. The molecule has 108 valence electrons. The number of thioether (sulfide) groups is 1. The smallest absolute Gasteiger partial charge is 0.254 e. The number of hydrogen-bond acceptors (Lipinski definition) is 3. The molecule has 0 aromatic carbocycles. The Morgan fingerprint density at radius 2 is 2.21 bits per heavy atom. The zero-order chi connectivity index (χ0) is 14.5. The molecule has 1 aromatic rings. The van der Waals surface area contributed by atoms with Crippen LogP contribution in [0, 0.1) is 0 Å². The minimum Gasteiger partial charge on any atom is -0.349 e. The van der Waals surface area contributed by atoms with Gasteiger partial charge in [0.05, 0.1) is 17.3 Å². The van der Waals surface area contributed by atoms with Gasteiger partial charge in [0, 0.05) is 12.2 Å². The topological polar surface area (TPSA) is 46.9 Å². The van der Waals surface area contributed by atoms with Crippen molar-refractivity contribution in [3.8, 4) is 0 Å². The summed E-state index contributed by atoms with van der Waals surface area (Å²) in [5.41, 5.74) is 0.534. The number of carbonyl (C=O) groups excluding carboxylic acids is 1. The summed E-state index contributed by atoms with van der Waals surface area (Å²) in [5, 5.41) is 7.26. The quantitative estimate of drug-likeness (QED) is 0.817. The van der Waals surface area contributed by atoms with Crippen LogP contribution in [-0.2, 0) is 5.54 Å². The van der Waals surface area contributed by atoms with Gasteiger partial charge in [0.15, 0.2) is 0 Å². The van der Waals surface area contributed by atoms with Crippen LogP contribution in [-0.4, -0.2) is 33.2 Å². The maximum absolute atomic E-state index is 12.1. The van der Waals surface area contributed by atoms with Gasteiger partial charge in [0.2, 0.25) is 0 Å². The second-order valence-electron chi connectivity index (χ2n) is 5.70. The molecule has 0 unspecified atom stereocenters. The lowest BCUT2D eigenvalue weighted by molar-refractivity contribution is 0.0939. The first-order valence-corrected chi connectivity index (χ1v) is 7.93. The predicted molar refractivity (Wildman–Crippen MR) is 81.8 cm³/mol. The highest BCUT2D eigenvalue weighted by Crippen LogP contribution is 2.13. The zero-order valence-corrected chi connectivity index (χ0v) is 13.4. The third-order valence-corrected chi connectivity index (χ3v) is 3.74. The third-order valence-electron chi connectivity index (χ3n) is 2.81. The highest BCUT2D eigenvalue weighted by atomic mass is 32.2. The molecular weight excluding hydrogens is 258 g/mol. The van der Waals surface area contributed by atoms with E-state index >= 15 is 0 Å². The van der Waals surface area contributed by atoms with Crippen molar-refractivity contribution in [2.75, 3.05) is 11.5 Å². The molecule has 5 heteroatoms. The Bertz CT molecular complexity index is 409. The number of hydrogen-bond donors (Lipinski definition) is 1. The summed E-state index contributed by atoms with van der Waals surface area (Å²) >= 11 is 1.90. The molecule has 0 saturated heterocycles. The van der Waals surface area contributed by atoms with E-state index < -0.39 is 0 Å².